The van der Waals surface area contributed by atoms with Gasteiger partial charge < -0.3 is 29.3 Å². The van der Waals surface area contributed by atoms with E-state index in [1.165, 1.54) is 0 Å². The number of guanidine groups is 1. The van der Waals surface area contributed by atoms with Crippen molar-refractivity contribution in [3.63, 3.8) is 0 Å². The topological polar surface area (TPSA) is 78.9 Å². The maximum absolute atomic E-state index is 12.1. The van der Waals surface area contributed by atoms with Crippen molar-refractivity contribution in [1.29, 1.82) is 0 Å². The Morgan fingerprint density at radius 2 is 1.94 bits per heavy atom. The van der Waals surface area contributed by atoms with Crippen LogP contribution in [0.1, 0.15) is 12.0 Å². The van der Waals surface area contributed by atoms with Gasteiger partial charge in [-0.3, -0.25) is 9.69 Å². The monoisotopic (exact) mass is 435 g/mol. The van der Waals surface area contributed by atoms with Gasteiger partial charge in [-0.25, -0.2) is 4.99 Å². The highest BCUT2D eigenvalue weighted by molar-refractivity contribution is 5.84. The highest BCUT2D eigenvalue weighted by atomic mass is 16.5. The maximum atomic E-state index is 12.1. The summed E-state index contributed by atoms with van der Waals surface area (Å²) in [6.45, 7) is 6.04. The Labute approximate surface area is 185 Å². The quantitative estimate of drug-likeness (QED) is 0.332. The smallest absolute Gasteiger partial charge is 0.243 e. The first-order valence-electron chi connectivity index (χ1n) is 10.6. The van der Waals surface area contributed by atoms with Crippen LogP contribution in [0.15, 0.2) is 23.2 Å². The van der Waals surface area contributed by atoms with Crippen LogP contribution in [0, 0.1) is 0 Å². The molecule has 1 aromatic rings. The van der Waals surface area contributed by atoms with E-state index in [2.05, 4.69) is 15.2 Å². The van der Waals surface area contributed by atoms with Gasteiger partial charge in [-0.05, 0) is 25.1 Å². The van der Waals surface area contributed by atoms with Gasteiger partial charge in [0.1, 0.15) is 18.0 Å². The lowest BCUT2D eigenvalue weighted by Crippen LogP contribution is -2.42. The molecule has 2 rings (SSSR count). The van der Waals surface area contributed by atoms with Gasteiger partial charge >= 0.3 is 0 Å². The summed E-state index contributed by atoms with van der Waals surface area (Å²) in [6.07, 6.45) is 0.986. The second-order valence-corrected chi connectivity index (χ2v) is 7.70. The van der Waals surface area contributed by atoms with Crippen molar-refractivity contribution >= 4 is 11.9 Å². The molecule has 174 valence electrons. The van der Waals surface area contributed by atoms with E-state index in [9.17, 15) is 4.79 Å². The van der Waals surface area contributed by atoms with Crippen molar-refractivity contribution in [3.05, 3.63) is 23.8 Å². The number of benzene rings is 1. The number of nitrogens with one attached hydrogen (secondary N) is 1. The van der Waals surface area contributed by atoms with E-state index in [0.29, 0.717) is 12.5 Å². The lowest BCUT2D eigenvalue weighted by atomic mass is 10.2. The number of hydrogen-bond acceptors (Lipinski definition) is 6. The summed E-state index contributed by atoms with van der Waals surface area (Å²) in [5.74, 6) is 2.15. The van der Waals surface area contributed by atoms with Crippen LogP contribution in [0.3, 0.4) is 0 Å². The molecule has 9 nitrogen and oxygen atoms in total. The summed E-state index contributed by atoms with van der Waals surface area (Å²) >= 11 is 0. The molecule has 31 heavy (non-hydrogen) atoms. The summed E-state index contributed by atoms with van der Waals surface area (Å²) in [5, 5.41) is 3.42. The zero-order chi connectivity index (χ0) is 22.6. The minimum Gasteiger partial charge on any atom is -0.497 e. The van der Waals surface area contributed by atoms with Crippen molar-refractivity contribution in [1.82, 2.24) is 20.0 Å². The number of amides is 1. The van der Waals surface area contributed by atoms with Crippen molar-refractivity contribution in [2.24, 2.45) is 4.99 Å². The van der Waals surface area contributed by atoms with Crippen molar-refractivity contribution < 1.29 is 19.0 Å². The van der Waals surface area contributed by atoms with Crippen molar-refractivity contribution in [2.75, 3.05) is 81.3 Å². The van der Waals surface area contributed by atoms with Gasteiger partial charge in [0.2, 0.25) is 5.91 Å². The van der Waals surface area contributed by atoms with E-state index in [4.69, 9.17) is 14.2 Å². The fourth-order valence-corrected chi connectivity index (χ4v) is 3.24. The van der Waals surface area contributed by atoms with Gasteiger partial charge in [0.15, 0.2) is 5.96 Å². The Morgan fingerprint density at radius 1 is 1.19 bits per heavy atom. The number of rotatable bonds is 10. The predicted molar refractivity (Wildman–Crippen MR) is 122 cm³/mol. The molecule has 0 aliphatic carbocycles. The Balaban J connectivity index is 2.00. The average molecular weight is 436 g/mol. The first-order chi connectivity index (χ1) is 14.9. The second kappa shape index (κ2) is 13.0. The van der Waals surface area contributed by atoms with Crippen LogP contribution >= 0.6 is 0 Å². The molecule has 0 radical (unpaired) electrons. The largest absolute Gasteiger partial charge is 0.497 e. The fraction of sp³-hybridized carbons (Fsp3) is 0.636. The van der Waals surface area contributed by atoms with Crippen LogP contribution < -0.4 is 14.8 Å². The molecule has 1 saturated heterocycles. The maximum Gasteiger partial charge on any atom is 0.243 e. The van der Waals surface area contributed by atoms with Crippen LogP contribution in [0.5, 0.6) is 11.5 Å². The molecule has 0 aromatic heterocycles. The van der Waals surface area contributed by atoms with E-state index >= 15 is 0 Å². The molecule has 1 aliphatic rings. The van der Waals surface area contributed by atoms with E-state index in [-0.39, 0.29) is 12.5 Å². The standard InChI is InChI=1S/C22H37N5O4/c1-25(2)21(28)16-24-22(23-9-6-10-27-11-13-31-14-12-27)26(3)17-18-7-8-19(29-4)15-20(18)30-5/h7-8,15H,6,9-14,16-17H2,1-5H3,(H,23,24). The molecule has 0 saturated carbocycles. The molecular weight excluding hydrogens is 398 g/mol. The third-order valence-electron chi connectivity index (χ3n) is 5.16. The van der Waals surface area contributed by atoms with Crippen molar-refractivity contribution in [2.45, 2.75) is 13.0 Å². The lowest BCUT2D eigenvalue weighted by molar-refractivity contribution is -0.127. The molecular formula is C22H37N5O4. The lowest BCUT2D eigenvalue weighted by Gasteiger charge is -2.27. The number of carbonyl (C=O) groups is 1. The fourth-order valence-electron chi connectivity index (χ4n) is 3.24. The summed E-state index contributed by atoms with van der Waals surface area (Å²) < 4.78 is 16.2. The Hall–Kier alpha value is -2.52. The molecule has 1 aliphatic heterocycles. The minimum absolute atomic E-state index is 0.0388. The normalized spacial score (nSPS) is 14.8. The van der Waals surface area contributed by atoms with Crippen LogP contribution in [0.2, 0.25) is 0 Å². The number of morpholine rings is 1. The van der Waals surface area contributed by atoms with Crippen LogP contribution in [-0.4, -0.2) is 108 Å². The molecule has 0 unspecified atom stereocenters. The zero-order valence-corrected chi connectivity index (χ0v) is 19.5. The molecule has 9 heteroatoms. The van der Waals surface area contributed by atoms with Gasteiger partial charge in [-0.1, -0.05) is 0 Å². The Morgan fingerprint density at radius 3 is 2.58 bits per heavy atom. The van der Waals surface area contributed by atoms with Crippen LogP contribution in [0.25, 0.3) is 0 Å². The minimum atomic E-state index is -0.0388. The number of hydrogen-bond donors (Lipinski definition) is 1. The first kappa shape index (κ1) is 24.7. The third kappa shape index (κ3) is 8.26. The molecule has 1 heterocycles. The molecule has 1 amide bonds. The Bertz CT molecular complexity index is 720. The zero-order valence-electron chi connectivity index (χ0n) is 19.5. The molecule has 0 bridgehead atoms. The SMILES string of the molecule is COc1ccc(CN(C)C(=NCC(=O)N(C)C)NCCCN2CCOCC2)c(OC)c1. The van der Waals surface area contributed by atoms with E-state index < -0.39 is 0 Å². The van der Waals surface area contributed by atoms with Gasteiger partial charge in [0, 0.05) is 59.0 Å². The molecule has 1 N–H and O–H groups in total. The predicted octanol–water partition coefficient (Wildman–Crippen LogP) is 0.892. The molecule has 1 aromatic carbocycles. The number of likely N-dealkylation sites (N-methyl/N-ethyl adjacent to an activating group) is 1. The van der Waals surface area contributed by atoms with Gasteiger partial charge in [0.25, 0.3) is 0 Å². The molecule has 1 fully saturated rings. The first-order valence-corrected chi connectivity index (χ1v) is 10.6. The summed E-state index contributed by atoms with van der Waals surface area (Å²) in [7, 11) is 8.71. The van der Waals surface area contributed by atoms with E-state index in [0.717, 1.165) is 62.9 Å². The second-order valence-electron chi connectivity index (χ2n) is 7.70. The van der Waals surface area contributed by atoms with Crippen molar-refractivity contribution in [3.8, 4) is 11.5 Å². The van der Waals surface area contributed by atoms with E-state index in [1.54, 1.807) is 33.2 Å². The number of methoxy groups -OCH3 is 2. The van der Waals surface area contributed by atoms with Crippen LogP contribution in [0.4, 0.5) is 0 Å². The number of nitrogens with zero attached hydrogens (tertiary/aromatic N) is 4. The molecule has 0 atom stereocenters. The van der Waals surface area contributed by atoms with Gasteiger partial charge in [-0.2, -0.15) is 0 Å². The van der Waals surface area contributed by atoms with E-state index in [1.807, 2.05) is 30.1 Å². The van der Waals surface area contributed by atoms with Gasteiger partial charge in [-0.15, -0.1) is 0 Å². The summed E-state index contributed by atoms with van der Waals surface area (Å²) in [5.41, 5.74) is 1.01. The number of ether oxygens (including phenoxy) is 3. The Kier molecular flexibility index (Phi) is 10.4. The third-order valence-corrected chi connectivity index (χ3v) is 5.16. The number of carbonyl (C=O) groups excluding carboxylic acids is 1. The summed E-state index contributed by atoms with van der Waals surface area (Å²) in [6, 6.07) is 5.76. The highest BCUT2D eigenvalue weighted by Crippen LogP contribution is 2.25. The number of aliphatic imine (C=N–C) groups is 1. The summed E-state index contributed by atoms with van der Waals surface area (Å²) in [4.78, 5) is 22.6. The highest BCUT2D eigenvalue weighted by Gasteiger charge is 2.14. The molecule has 0 spiro atoms. The van der Waals surface area contributed by atoms with Gasteiger partial charge in [0.05, 0.1) is 27.4 Å². The van der Waals surface area contributed by atoms with Crippen LogP contribution in [-0.2, 0) is 16.1 Å². The average Bonchev–Trinajstić information content (AvgIpc) is 2.79.